The van der Waals surface area contributed by atoms with Crippen LogP contribution in [0.2, 0.25) is 0 Å². The Morgan fingerprint density at radius 2 is 1.60 bits per heavy atom. The van der Waals surface area contributed by atoms with Crippen molar-refractivity contribution in [2.75, 3.05) is 5.32 Å². The molecule has 3 nitrogen and oxygen atoms in total. The molecule has 3 rings (SSSR count). The van der Waals surface area contributed by atoms with Crippen molar-refractivity contribution < 1.29 is 0 Å². The number of benzene rings is 2. The molecular formula is C21H21N3S. The molecule has 2 N–H and O–H groups in total. The third kappa shape index (κ3) is 4.43. The number of rotatable bonds is 4. The molecule has 3 aromatic rings. The summed E-state index contributed by atoms with van der Waals surface area (Å²) in [6.45, 7) is 4.08. The molecule has 0 radical (unpaired) electrons. The quantitative estimate of drug-likeness (QED) is 0.666. The standard InChI is InChI=1S/C21H21N3S/c1-15-9-6-7-13-18(15)20(17-11-4-3-5-12-17)24-21(25)23-19-14-8-10-16(2)22-19/h3-14,20H,1-2H3,(H2,22,23,24,25)/t20-/m1/s1. The van der Waals surface area contributed by atoms with E-state index in [4.69, 9.17) is 12.2 Å². The van der Waals surface area contributed by atoms with Crippen LogP contribution in [0.15, 0.2) is 72.8 Å². The van der Waals surface area contributed by atoms with E-state index in [1.807, 2.05) is 49.4 Å². The Hall–Kier alpha value is -2.72. The summed E-state index contributed by atoms with van der Waals surface area (Å²) in [5.41, 5.74) is 4.54. The van der Waals surface area contributed by atoms with Gasteiger partial charge < -0.3 is 10.6 Å². The Balaban J connectivity index is 1.85. The van der Waals surface area contributed by atoms with Gasteiger partial charge in [0.2, 0.25) is 0 Å². The Kier molecular flexibility index (Phi) is 5.41. The molecule has 1 aromatic heterocycles. The smallest absolute Gasteiger partial charge is 0.172 e. The van der Waals surface area contributed by atoms with Gasteiger partial charge in [-0.25, -0.2) is 4.98 Å². The van der Waals surface area contributed by atoms with E-state index in [2.05, 4.69) is 52.9 Å². The molecule has 0 saturated carbocycles. The number of aromatic nitrogens is 1. The summed E-state index contributed by atoms with van der Waals surface area (Å²) in [6.07, 6.45) is 0. The second-order valence-electron chi connectivity index (χ2n) is 5.96. The number of anilines is 1. The molecule has 126 valence electrons. The van der Waals surface area contributed by atoms with E-state index in [0.29, 0.717) is 5.11 Å². The third-order valence-electron chi connectivity index (χ3n) is 4.04. The highest BCUT2D eigenvalue weighted by atomic mass is 32.1. The summed E-state index contributed by atoms with van der Waals surface area (Å²) in [6, 6.07) is 24.5. The van der Waals surface area contributed by atoms with E-state index in [-0.39, 0.29) is 6.04 Å². The predicted octanol–water partition coefficient (Wildman–Crippen LogP) is 4.77. The summed E-state index contributed by atoms with van der Waals surface area (Å²) in [5.74, 6) is 0.745. The maximum atomic E-state index is 5.54. The summed E-state index contributed by atoms with van der Waals surface area (Å²) < 4.78 is 0. The third-order valence-corrected chi connectivity index (χ3v) is 4.26. The van der Waals surface area contributed by atoms with Gasteiger partial charge in [0.1, 0.15) is 5.82 Å². The van der Waals surface area contributed by atoms with Gasteiger partial charge in [0.25, 0.3) is 0 Å². The Morgan fingerprint density at radius 1 is 0.880 bits per heavy atom. The molecule has 0 aliphatic rings. The molecule has 0 aliphatic heterocycles. The first-order chi connectivity index (χ1) is 12.1. The van der Waals surface area contributed by atoms with Crippen molar-refractivity contribution in [2.24, 2.45) is 0 Å². The molecule has 0 spiro atoms. The van der Waals surface area contributed by atoms with Crippen molar-refractivity contribution in [2.45, 2.75) is 19.9 Å². The largest absolute Gasteiger partial charge is 0.351 e. The average Bonchev–Trinajstić information content (AvgIpc) is 2.61. The molecule has 0 unspecified atom stereocenters. The predicted molar refractivity (Wildman–Crippen MR) is 108 cm³/mol. The first-order valence-electron chi connectivity index (χ1n) is 8.25. The number of nitrogens with one attached hydrogen (secondary N) is 2. The minimum absolute atomic E-state index is 0.0211. The second kappa shape index (κ2) is 7.90. The SMILES string of the molecule is Cc1cccc(NC(=S)N[C@H](c2ccccc2)c2ccccc2C)n1. The van der Waals surface area contributed by atoms with Crippen LogP contribution in [0.3, 0.4) is 0 Å². The van der Waals surface area contributed by atoms with Crippen LogP contribution in [0.5, 0.6) is 0 Å². The molecular weight excluding hydrogens is 326 g/mol. The van der Waals surface area contributed by atoms with E-state index in [0.717, 1.165) is 17.1 Å². The summed E-state index contributed by atoms with van der Waals surface area (Å²) in [7, 11) is 0. The zero-order valence-corrected chi connectivity index (χ0v) is 15.2. The van der Waals surface area contributed by atoms with Crippen molar-refractivity contribution in [1.82, 2.24) is 10.3 Å². The Bertz CT molecular complexity index is 862. The van der Waals surface area contributed by atoms with Crippen LogP contribution in [-0.4, -0.2) is 10.1 Å². The highest BCUT2D eigenvalue weighted by molar-refractivity contribution is 7.80. The van der Waals surface area contributed by atoms with Gasteiger partial charge in [-0.2, -0.15) is 0 Å². The molecule has 0 amide bonds. The fourth-order valence-electron chi connectivity index (χ4n) is 2.79. The molecule has 2 aromatic carbocycles. The molecule has 1 atom stereocenters. The average molecular weight is 347 g/mol. The zero-order chi connectivity index (χ0) is 17.6. The summed E-state index contributed by atoms with van der Waals surface area (Å²) >= 11 is 5.54. The van der Waals surface area contributed by atoms with E-state index in [1.54, 1.807) is 0 Å². The van der Waals surface area contributed by atoms with Gasteiger partial charge in [0.15, 0.2) is 5.11 Å². The van der Waals surface area contributed by atoms with E-state index in [1.165, 1.54) is 11.1 Å². The van der Waals surface area contributed by atoms with E-state index in [9.17, 15) is 0 Å². The van der Waals surface area contributed by atoms with E-state index < -0.39 is 0 Å². The fraction of sp³-hybridized carbons (Fsp3) is 0.143. The minimum atomic E-state index is -0.0211. The molecule has 4 heteroatoms. The molecule has 25 heavy (non-hydrogen) atoms. The normalized spacial score (nSPS) is 11.6. The van der Waals surface area contributed by atoms with Crippen molar-refractivity contribution >= 4 is 23.1 Å². The number of pyridine rings is 1. The number of aryl methyl sites for hydroxylation is 2. The summed E-state index contributed by atoms with van der Waals surface area (Å²) in [4.78, 5) is 4.44. The van der Waals surface area contributed by atoms with Crippen molar-refractivity contribution in [3.05, 3.63) is 95.2 Å². The number of hydrogen-bond donors (Lipinski definition) is 2. The highest BCUT2D eigenvalue weighted by Gasteiger charge is 2.17. The zero-order valence-electron chi connectivity index (χ0n) is 14.4. The highest BCUT2D eigenvalue weighted by Crippen LogP contribution is 2.25. The van der Waals surface area contributed by atoms with Gasteiger partial charge in [-0.15, -0.1) is 0 Å². The summed E-state index contributed by atoms with van der Waals surface area (Å²) in [5, 5.41) is 7.17. The van der Waals surface area contributed by atoms with Gasteiger partial charge in [-0.3, -0.25) is 0 Å². The van der Waals surface area contributed by atoms with Gasteiger partial charge >= 0.3 is 0 Å². The van der Waals surface area contributed by atoms with Gasteiger partial charge in [0.05, 0.1) is 6.04 Å². The van der Waals surface area contributed by atoms with Gasteiger partial charge in [0, 0.05) is 5.69 Å². The van der Waals surface area contributed by atoms with Gasteiger partial charge in [-0.1, -0.05) is 60.7 Å². The minimum Gasteiger partial charge on any atom is -0.351 e. The molecule has 0 fully saturated rings. The van der Waals surface area contributed by atoms with Crippen LogP contribution in [0, 0.1) is 13.8 Å². The maximum absolute atomic E-state index is 5.54. The van der Waals surface area contributed by atoms with Crippen LogP contribution in [-0.2, 0) is 0 Å². The number of thiocarbonyl (C=S) groups is 1. The first kappa shape index (κ1) is 17.1. The van der Waals surface area contributed by atoms with Crippen LogP contribution in [0.4, 0.5) is 5.82 Å². The lowest BCUT2D eigenvalue weighted by Gasteiger charge is -2.23. The van der Waals surface area contributed by atoms with Crippen molar-refractivity contribution in [3.63, 3.8) is 0 Å². The molecule has 0 bridgehead atoms. The van der Waals surface area contributed by atoms with Crippen molar-refractivity contribution in [3.8, 4) is 0 Å². The Morgan fingerprint density at radius 3 is 2.32 bits per heavy atom. The lowest BCUT2D eigenvalue weighted by Crippen LogP contribution is -2.33. The second-order valence-corrected chi connectivity index (χ2v) is 6.37. The monoisotopic (exact) mass is 347 g/mol. The Labute approximate surface area is 154 Å². The first-order valence-corrected chi connectivity index (χ1v) is 8.66. The van der Waals surface area contributed by atoms with Crippen LogP contribution in [0.25, 0.3) is 0 Å². The molecule has 0 saturated heterocycles. The van der Waals surface area contributed by atoms with Crippen molar-refractivity contribution in [1.29, 1.82) is 0 Å². The lowest BCUT2D eigenvalue weighted by molar-refractivity contribution is 0.762. The topological polar surface area (TPSA) is 37.0 Å². The van der Waals surface area contributed by atoms with E-state index >= 15 is 0 Å². The number of hydrogen-bond acceptors (Lipinski definition) is 2. The molecule has 0 aliphatic carbocycles. The molecule has 1 heterocycles. The lowest BCUT2D eigenvalue weighted by atomic mass is 9.95. The fourth-order valence-corrected chi connectivity index (χ4v) is 3.02. The van der Waals surface area contributed by atoms with Crippen LogP contribution >= 0.6 is 12.2 Å². The van der Waals surface area contributed by atoms with Gasteiger partial charge in [-0.05, 0) is 54.9 Å². The number of nitrogens with zero attached hydrogens (tertiary/aromatic N) is 1. The maximum Gasteiger partial charge on any atom is 0.172 e. The van der Waals surface area contributed by atoms with Crippen LogP contribution < -0.4 is 10.6 Å². The van der Waals surface area contributed by atoms with Crippen LogP contribution in [0.1, 0.15) is 28.4 Å².